The zero-order chi connectivity index (χ0) is 15.7. The first kappa shape index (κ1) is 14.6. The number of primary amides is 1. The zero-order valence-electron chi connectivity index (χ0n) is 12.0. The number of nitrogens with two attached hydrogens (primary N) is 1. The number of amides is 2. The van der Waals surface area contributed by atoms with Gasteiger partial charge in [-0.05, 0) is 30.5 Å². The second kappa shape index (κ2) is 5.84. The molecule has 2 N–H and O–H groups in total. The molecule has 2 aliphatic rings. The van der Waals surface area contributed by atoms with Crippen LogP contribution >= 0.6 is 0 Å². The van der Waals surface area contributed by atoms with Gasteiger partial charge in [0, 0.05) is 19.2 Å². The number of ether oxygens (including phenoxy) is 1. The van der Waals surface area contributed by atoms with Gasteiger partial charge in [-0.25, -0.2) is 0 Å². The Morgan fingerprint density at radius 2 is 2.27 bits per heavy atom. The molecular formula is C15H17N3O4. The number of hydrogen-bond donors (Lipinski definition) is 1. The van der Waals surface area contributed by atoms with E-state index in [9.17, 15) is 14.4 Å². The van der Waals surface area contributed by atoms with Crippen molar-refractivity contribution in [3.63, 3.8) is 0 Å². The quantitative estimate of drug-likeness (QED) is 0.821. The van der Waals surface area contributed by atoms with Crippen LogP contribution in [-0.4, -0.2) is 52.8 Å². The Labute approximate surface area is 127 Å². The lowest BCUT2D eigenvalue weighted by atomic mass is 10.1. The van der Waals surface area contributed by atoms with Crippen LogP contribution in [0.3, 0.4) is 0 Å². The van der Waals surface area contributed by atoms with E-state index < -0.39 is 11.9 Å². The van der Waals surface area contributed by atoms with Crippen molar-refractivity contribution in [2.24, 2.45) is 5.73 Å². The lowest BCUT2D eigenvalue weighted by molar-refractivity contribution is -0.136. The molecule has 2 saturated heterocycles. The molecule has 1 aromatic heterocycles. The molecule has 1 aromatic rings. The van der Waals surface area contributed by atoms with Gasteiger partial charge in [-0.1, -0.05) is 0 Å². The SMILES string of the molecule is NC(=O)c1cc(CCC(=O)N2CCC3OCC(=O)C32)ccn1. The van der Waals surface area contributed by atoms with Crippen LogP contribution in [0.1, 0.15) is 28.9 Å². The first-order valence-corrected chi connectivity index (χ1v) is 7.25. The third kappa shape index (κ3) is 2.71. The van der Waals surface area contributed by atoms with E-state index in [1.807, 2.05) is 0 Å². The molecule has 0 aromatic carbocycles. The number of carbonyl (C=O) groups is 3. The van der Waals surface area contributed by atoms with E-state index in [1.165, 1.54) is 6.20 Å². The van der Waals surface area contributed by atoms with Crippen LogP contribution in [0.4, 0.5) is 0 Å². The Morgan fingerprint density at radius 1 is 1.45 bits per heavy atom. The molecule has 22 heavy (non-hydrogen) atoms. The largest absolute Gasteiger partial charge is 0.368 e. The van der Waals surface area contributed by atoms with E-state index in [2.05, 4.69) is 4.98 Å². The second-order valence-electron chi connectivity index (χ2n) is 5.55. The molecule has 3 rings (SSSR count). The summed E-state index contributed by atoms with van der Waals surface area (Å²) < 4.78 is 5.37. The van der Waals surface area contributed by atoms with Gasteiger partial charge in [0.2, 0.25) is 5.91 Å². The minimum Gasteiger partial charge on any atom is -0.368 e. The van der Waals surface area contributed by atoms with Crippen LogP contribution < -0.4 is 5.73 Å². The van der Waals surface area contributed by atoms with E-state index in [1.54, 1.807) is 17.0 Å². The van der Waals surface area contributed by atoms with Crippen LogP contribution in [0.25, 0.3) is 0 Å². The number of pyridine rings is 1. The maximum atomic E-state index is 12.3. The normalized spacial score (nSPS) is 23.6. The molecule has 116 valence electrons. The molecule has 0 bridgehead atoms. The number of rotatable bonds is 4. The van der Waals surface area contributed by atoms with Gasteiger partial charge in [0.05, 0.1) is 6.10 Å². The maximum Gasteiger partial charge on any atom is 0.267 e. The van der Waals surface area contributed by atoms with Crippen molar-refractivity contribution >= 4 is 17.6 Å². The van der Waals surface area contributed by atoms with Gasteiger partial charge in [0.25, 0.3) is 5.91 Å². The Morgan fingerprint density at radius 3 is 3.05 bits per heavy atom. The summed E-state index contributed by atoms with van der Waals surface area (Å²) in [6, 6.07) is 2.92. The third-order valence-electron chi connectivity index (χ3n) is 4.14. The fourth-order valence-corrected chi connectivity index (χ4v) is 3.03. The molecule has 2 atom stereocenters. The number of likely N-dealkylation sites (tertiary alicyclic amines) is 1. The molecule has 2 amide bonds. The number of carbonyl (C=O) groups excluding carboxylic acids is 3. The van der Waals surface area contributed by atoms with Crippen molar-refractivity contribution in [2.45, 2.75) is 31.4 Å². The topological polar surface area (TPSA) is 103 Å². The predicted molar refractivity (Wildman–Crippen MR) is 75.9 cm³/mol. The summed E-state index contributed by atoms with van der Waals surface area (Å²) in [5.74, 6) is -0.677. The van der Waals surface area contributed by atoms with E-state index in [0.717, 1.165) is 5.56 Å². The molecule has 2 fully saturated rings. The number of hydrogen-bond acceptors (Lipinski definition) is 5. The summed E-state index contributed by atoms with van der Waals surface area (Å²) in [6.07, 6.45) is 2.82. The summed E-state index contributed by atoms with van der Waals surface area (Å²) >= 11 is 0. The fraction of sp³-hybridized carbons (Fsp3) is 0.467. The monoisotopic (exact) mass is 303 g/mol. The van der Waals surface area contributed by atoms with Crippen molar-refractivity contribution in [1.82, 2.24) is 9.88 Å². The minimum absolute atomic E-state index is 0.0178. The van der Waals surface area contributed by atoms with Gasteiger partial charge in [0.15, 0.2) is 5.78 Å². The number of aryl methyl sites for hydroxylation is 1. The molecule has 7 heteroatoms. The highest BCUT2D eigenvalue weighted by Gasteiger charge is 2.46. The molecule has 0 radical (unpaired) electrons. The van der Waals surface area contributed by atoms with Crippen molar-refractivity contribution in [3.05, 3.63) is 29.6 Å². The molecule has 7 nitrogen and oxygen atoms in total. The first-order chi connectivity index (χ1) is 10.6. The van der Waals surface area contributed by atoms with Crippen LogP contribution in [0.5, 0.6) is 0 Å². The standard InChI is InChI=1S/C15H17N3O4/c16-15(21)10-7-9(3-5-17-10)1-2-13(20)18-6-4-12-14(18)11(19)8-22-12/h3,5,7,12,14H,1-2,4,6,8H2,(H2,16,21). The van der Waals surface area contributed by atoms with Gasteiger partial charge in [0.1, 0.15) is 18.3 Å². The Kier molecular flexibility index (Phi) is 3.89. The molecular weight excluding hydrogens is 286 g/mol. The van der Waals surface area contributed by atoms with Crippen molar-refractivity contribution in [3.8, 4) is 0 Å². The van der Waals surface area contributed by atoms with Crippen LogP contribution in [0, 0.1) is 0 Å². The van der Waals surface area contributed by atoms with Gasteiger partial charge in [-0.15, -0.1) is 0 Å². The van der Waals surface area contributed by atoms with Gasteiger partial charge >= 0.3 is 0 Å². The third-order valence-corrected chi connectivity index (χ3v) is 4.14. The average molecular weight is 303 g/mol. The van der Waals surface area contributed by atoms with Crippen molar-refractivity contribution in [1.29, 1.82) is 0 Å². The van der Waals surface area contributed by atoms with Gasteiger partial charge < -0.3 is 15.4 Å². The summed E-state index contributed by atoms with van der Waals surface area (Å²) in [6.45, 7) is 0.661. The molecule has 2 aliphatic heterocycles. The Balaban J connectivity index is 1.62. The zero-order valence-corrected chi connectivity index (χ0v) is 12.0. The van der Waals surface area contributed by atoms with Crippen molar-refractivity contribution < 1.29 is 19.1 Å². The van der Waals surface area contributed by atoms with Crippen LogP contribution in [0.15, 0.2) is 18.3 Å². The van der Waals surface area contributed by atoms with E-state index in [4.69, 9.17) is 10.5 Å². The van der Waals surface area contributed by atoms with E-state index in [-0.39, 0.29) is 36.5 Å². The number of aromatic nitrogens is 1. The smallest absolute Gasteiger partial charge is 0.267 e. The Bertz CT molecular complexity index is 631. The van der Waals surface area contributed by atoms with Gasteiger partial charge in [-0.2, -0.15) is 0 Å². The summed E-state index contributed by atoms with van der Waals surface area (Å²) in [4.78, 5) is 40.7. The number of nitrogens with zero attached hydrogens (tertiary/aromatic N) is 2. The lowest BCUT2D eigenvalue weighted by Crippen LogP contribution is -2.42. The predicted octanol–water partition coefficient (Wildman–Crippen LogP) is -0.318. The molecule has 3 heterocycles. The number of Topliss-reactive ketones (excluding diaryl/α,β-unsaturated/α-hetero) is 1. The maximum absolute atomic E-state index is 12.3. The minimum atomic E-state index is -0.593. The Hall–Kier alpha value is -2.28. The second-order valence-corrected chi connectivity index (χ2v) is 5.55. The molecule has 0 spiro atoms. The highest BCUT2D eigenvalue weighted by molar-refractivity contribution is 5.92. The number of ketones is 1. The summed E-state index contributed by atoms with van der Waals surface area (Å²) in [5.41, 5.74) is 6.19. The first-order valence-electron chi connectivity index (χ1n) is 7.25. The molecule has 0 aliphatic carbocycles. The highest BCUT2D eigenvalue weighted by Crippen LogP contribution is 2.27. The molecule has 0 saturated carbocycles. The van der Waals surface area contributed by atoms with Crippen molar-refractivity contribution in [2.75, 3.05) is 13.2 Å². The van der Waals surface area contributed by atoms with E-state index in [0.29, 0.717) is 19.4 Å². The van der Waals surface area contributed by atoms with E-state index >= 15 is 0 Å². The fourth-order valence-electron chi connectivity index (χ4n) is 3.03. The highest BCUT2D eigenvalue weighted by atomic mass is 16.5. The summed E-state index contributed by atoms with van der Waals surface area (Å²) in [7, 11) is 0. The number of fused-ring (bicyclic) bond motifs is 1. The average Bonchev–Trinajstić information content (AvgIpc) is 3.08. The van der Waals surface area contributed by atoms with Crippen LogP contribution in [0.2, 0.25) is 0 Å². The van der Waals surface area contributed by atoms with Crippen LogP contribution in [-0.2, 0) is 20.7 Å². The summed E-state index contributed by atoms with van der Waals surface area (Å²) in [5, 5.41) is 0. The van der Waals surface area contributed by atoms with Gasteiger partial charge in [-0.3, -0.25) is 19.4 Å². The molecule has 2 unspecified atom stereocenters. The lowest BCUT2D eigenvalue weighted by Gasteiger charge is -2.21.